The Morgan fingerprint density at radius 2 is 2.00 bits per heavy atom. The second kappa shape index (κ2) is 8.34. The summed E-state index contributed by atoms with van der Waals surface area (Å²) in [4.78, 5) is 48.2. The number of nitrogens with zero attached hydrogens (tertiary/aromatic N) is 1. The van der Waals surface area contributed by atoms with Gasteiger partial charge in [-0.3, -0.25) is 30.0 Å². The number of hydrogen-bond donors (Lipinski definition) is 2. The van der Waals surface area contributed by atoms with Gasteiger partial charge in [0.2, 0.25) is 11.8 Å². The zero-order valence-corrected chi connectivity index (χ0v) is 13.9. The average Bonchev–Trinajstić information content (AvgIpc) is 2.57. The summed E-state index contributed by atoms with van der Waals surface area (Å²) in [6, 6.07) is 7.47. The minimum absolute atomic E-state index is 0.0296. The van der Waals surface area contributed by atoms with E-state index >= 15 is 0 Å². The third-order valence-corrected chi connectivity index (χ3v) is 4.14. The molecule has 0 aliphatic carbocycles. The lowest BCUT2D eigenvalue weighted by Crippen LogP contribution is -2.42. The molecule has 9 heteroatoms. The number of rotatable bonds is 5. The van der Waals surface area contributed by atoms with Crippen molar-refractivity contribution < 1.29 is 23.9 Å². The number of nitrogens with one attached hydrogen (secondary N) is 2. The molecule has 0 saturated heterocycles. The number of carbonyl (C=O) groups excluding carboxylic acids is 4. The van der Waals surface area contributed by atoms with Crippen molar-refractivity contribution in [3.63, 3.8) is 0 Å². The molecule has 0 saturated carbocycles. The van der Waals surface area contributed by atoms with E-state index in [0.29, 0.717) is 5.75 Å². The molecule has 2 rings (SSSR count). The molecule has 1 aromatic rings. The smallest absolute Gasteiger partial charge is 0.308 e. The first-order chi connectivity index (χ1) is 11.5. The summed E-state index contributed by atoms with van der Waals surface area (Å²) in [6.07, 6.45) is -0.0296. The molecule has 1 heterocycles. The molecule has 0 unspecified atom stereocenters. The number of hydrazine groups is 1. The standard InChI is InChI=1S/C15H17N3O5S/c1-10(19)16-17-13(20)8-23-15(22)6-7-18-11-4-2-3-5-12(11)24-9-14(18)21/h2-5H,6-9H2,1H3,(H,16,19)(H,17,20). The Morgan fingerprint density at radius 1 is 1.25 bits per heavy atom. The predicted octanol–water partition coefficient (Wildman–Crippen LogP) is 0.226. The molecular formula is C15H17N3O5S. The van der Waals surface area contributed by atoms with Crippen molar-refractivity contribution in [3.8, 4) is 0 Å². The second-order valence-corrected chi connectivity index (χ2v) is 5.96. The van der Waals surface area contributed by atoms with E-state index in [-0.39, 0.29) is 18.9 Å². The first-order valence-corrected chi connectivity index (χ1v) is 8.19. The van der Waals surface area contributed by atoms with Crippen molar-refractivity contribution in [1.82, 2.24) is 10.9 Å². The normalized spacial score (nSPS) is 13.0. The number of esters is 1. The van der Waals surface area contributed by atoms with Crippen LogP contribution in [0.4, 0.5) is 5.69 Å². The van der Waals surface area contributed by atoms with Crippen LogP contribution in [0.3, 0.4) is 0 Å². The number of benzene rings is 1. The van der Waals surface area contributed by atoms with Crippen LogP contribution in [0.5, 0.6) is 0 Å². The van der Waals surface area contributed by atoms with E-state index in [9.17, 15) is 19.2 Å². The lowest BCUT2D eigenvalue weighted by molar-refractivity contribution is -0.148. The highest BCUT2D eigenvalue weighted by Crippen LogP contribution is 2.34. The number of thioether (sulfide) groups is 1. The fourth-order valence-corrected chi connectivity index (χ4v) is 2.95. The zero-order valence-electron chi connectivity index (χ0n) is 13.0. The average molecular weight is 351 g/mol. The number of carbonyl (C=O) groups is 4. The van der Waals surface area contributed by atoms with Crippen molar-refractivity contribution in [2.75, 3.05) is 23.8 Å². The van der Waals surface area contributed by atoms with Gasteiger partial charge in [0.15, 0.2) is 6.61 Å². The van der Waals surface area contributed by atoms with E-state index in [1.54, 1.807) is 4.90 Å². The Labute approximate surface area is 142 Å². The molecule has 1 aliphatic rings. The van der Waals surface area contributed by atoms with E-state index in [0.717, 1.165) is 10.6 Å². The summed E-state index contributed by atoms with van der Waals surface area (Å²) in [5.74, 6) is -1.43. The molecule has 1 aliphatic heterocycles. The molecule has 24 heavy (non-hydrogen) atoms. The molecule has 0 aromatic heterocycles. The zero-order chi connectivity index (χ0) is 17.5. The minimum atomic E-state index is -0.644. The number of anilines is 1. The number of para-hydroxylation sites is 1. The van der Waals surface area contributed by atoms with Crippen LogP contribution in [0.25, 0.3) is 0 Å². The molecule has 0 atom stereocenters. The van der Waals surface area contributed by atoms with E-state index in [2.05, 4.69) is 10.9 Å². The maximum Gasteiger partial charge on any atom is 0.308 e. The van der Waals surface area contributed by atoms with Crippen molar-refractivity contribution in [2.24, 2.45) is 0 Å². The molecule has 0 bridgehead atoms. The molecule has 0 spiro atoms. The van der Waals surface area contributed by atoms with Gasteiger partial charge in [-0.1, -0.05) is 12.1 Å². The fourth-order valence-electron chi connectivity index (χ4n) is 2.01. The van der Waals surface area contributed by atoms with Crippen LogP contribution in [-0.4, -0.2) is 42.6 Å². The number of ether oxygens (including phenoxy) is 1. The van der Waals surface area contributed by atoms with E-state index in [1.807, 2.05) is 24.3 Å². The van der Waals surface area contributed by atoms with Crippen LogP contribution < -0.4 is 15.8 Å². The van der Waals surface area contributed by atoms with Crippen LogP contribution in [-0.2, 0) is 23.9 Å². The Hall–Kier alpha value is -2.55. The van der Waals surface area contributed by atoms with Gasteiger partial charge in [0.25, 0.3) is 5.91 Å². The fraction of sp³-hybridized carbons (Fsp3) is 0.333. The molecule has 3 amide bonds. The van der Waals surface area contributed by atoms with Crippen LogP contribution in [0, 0.1) is 0 Å². The van der Waals surface area contributed by atoms with Gasteiger partial charge in [0.1, 0.15) is 0 Å². The SMILES string of the molecule is CC(=O)NNC(=O)COC(=O)CCN1C(=O)CSc2ccccc21. The highest BCUT2D eigenvalue weighted by atomic mass is 32.2. The molecule has 1 aromatic carbocycles. The van der Waals surface area contributed by atoms with Gasteiger partial charge in [-0.15, -0.1) is 11.8 Å². The van der Waals surface area contributed by atoms with E-state index in [1.165, 1.54) is 18.7 Å². The Kier molecular flexibility index (Phi) is 6.19. The van der Waals surface area contributed by atoms with E-state index < -0.39 is 24.4 Å². The van der Waals surface area contributed by atoms with Crippen molar-refractivity contribution in [2.45, 2.75) is 18.2 Å². The Morgan fingerprint density at radius 3 is 2.75 bits per heavy atom. The van der Waals surface area contributed by atoms with Crippen LogP contribution in [0.2, 0.25) is 0 Å². The third-order valence-electron chi connectivity index (χ3n) is 3.09. The molecule has 128 valence electrons. The first-order valence-electron chi connectivity index (χ1n) is 7.20. The molecular weight excluding hydrogens is 334 g/mol. The van der Waals surface area contributed by atoms with Crippen molar-refractivity contribution in [1.29, 1.82) is 0 Å². The summed E-state index contributed by atoms with van der Waals surface area (Å²) in [7, 11) is 0. The molecule has 0 fully saturated rings. The largest absolute Gasteiger partial charge is 0.455 e. The summed E-state index contributed by atoms with van der Waals surface area (Å²) in [5.41, 5.74) is 4.94. The molecule has 0 radical (unpaired) electrons. The molecule has 8 nitrogen and oxygen atoms in total. The Bertz CT molecular complexity index is 664. The maximum absolute atomic E-state index is 12.0. The highest BCUT2D eigenvalue weighted by Gasteiger charge is 2.24. The quantitative estimate of drug-likeness (QED) is 0.581. The van der Waals surface area contributed by atoms with Gasteiger partial charge in [-0.05, 0) is 12.1 Å². The third kappa shape index (κ3) is 4.98. The first kappa shape index (κ1) is 17.8. The Balaban J connectivity index is 1.80. The van der Waals surface area contributed by atoms with Gasteiger partial charge in [0.05, 0.1) is 17.9 Å². The lowest BCUT2D eigenvalue weighted by Gasteiger charge is -2.28. The number of fused-ring (bicyclic) bond motifs is 1. The van der Waals surface area contributed by atoms with Gasteiger partial charge < -0.3 is 9.64 Å². The maximum atomic E-state index is 12.0. The van der Waals surface area contributed by atoms with Gasteiger partial charge in [0, 0.05) is 18.4 Å². The lowest BCUT2D eigenvalue weighted by atomic mass is 10.2. The monoisotopic (exact) mass is 351 g/mol. The summed E-state index contributed by atoms with van der Waals surface area (Å²) in [5, 5.41) is 0. The number of hydrogen-bond acceptors (Lipinski definition) is 6. The van der Waals surface area contributed by atoms with Crippen LogP contribution in [0.1, 0.15) is 13.3 Å². The van der Waals surface area contributed by atoms with Crippen LogP contribution >= 0.6 is 11.8 Å². The number of amides is 3. The van der Waals surface area contributed by atoms with E-state index in [4.69, 9.17) is 4.74 Å². The van der Waals surface area contributed by atoms with Gasteiger partial charge in [-0.2, -0.15) is 0 Å². The van der Waals surface area contributed by atoms with Gasteiger partial charge >= 0.3 is 5.97 Å². The van der Waals surface area contributed by atoms with Crippen LogP contribution in [0.15, 0.2) is 29.2 Å². The molecule has 2 N–H and O–H groups in total. The second-order valence-electron chi connectivity index (χ2n) is 4.94. The summed E-state index contributed by atoms with van der Waals surface area (Å²) >= 11 is 1.46. The summed E-state index contributed by atoms with van der Waals surface area (Å²) in [6.45, 7) is 0.917. The van der Waals surface area contributed by atoms with Gasteiger partial charge in [-0.25, -0.2) is 0 Å². The highest BCUT2D eigenvalue weighted by molar-refractivity contribution is 8.00. The minimum Gasteiger partial charge on any atom is -0.455 e. The van der Waals surface area contributed by atoms with Crippen molar-refractivity contribution >= 4 is 41.1 Å². The summed E-state index contributed by atoms with van der Waals surface area (Å²) < 4.78 is 4.80. The van der Waals surface area contributed by atoms with Crippen molar-refractivity contribution in [3.05, 3.63) is 24.3 Å². The predicted molar refractivity (Wildman–Crippen MR) is 87.1 cm³/mol. The topological polar surface area (TPSA) is 105 Å².